The first-order chi connectivity index (χ1) is 6.56. The Hall–Kier alpha value is -1.10. The Kier molecular flexibility index (Phi) is 3.46. The average Bonchev–Trinajstić information content (AvgIpc) is 2.00. The summed E-state index contributed by atoms with van der Waals surface area (Å²) in [4.78, 5) is 23.7. The number of aliphatic carboxylic acids is 1. The van der Waals surface area contributed by atoms with Gasteiger partial charge in [-0.2, -0.15) is 0 Å². The summed E-state index contributed by atoms with van der Waals surface area (Å²) in [6.07, 6.45) is 0. The van der Waals surface area contributed by atoms with E-state index in [0.717, 1.165) is 0 Å². The molecule has 14 heavy (non-hydrogen) atoms. The second-order valence-corrected chi connectivity index (χ2v) is 3.74. The van der Waals surface area contributed by atoms with Crippen LogP contribution >= 0.6 is 0 Å². The van der Waals surface area contributed by atoms with Gasteiger partial charge in [-0.1, -0.05) is 6.92 Å². The Balaban J connectivity index is 2.32. The highest BCUT2D eigenvalue weighted by Gasteiger charge is 2.36. The van der Waals surface area contributed by atoms with Crippen molar-refractivity contribution in [2.24, 2.45) is 11.8 Å². The zero-order chi connectivity index (χ0) is 10.7. The lowest BCUT2D eigenvalue weighted by Crippen LogP contribution is -2.55. The number of hydrogen-bond acceptors (Lipinski definition) is 3. The Bertz CT molecular complexity index is 236. The Labute approximate surface area is 83.1 Å². The molecule has 0 aromatic rings. The molecule has 1 heterocycles. The fourth-order valence-corrected chi connectivity index (χ4v) is 1.52. The van der Waals surface area contributed by atoms with Crippen molar-refractivity contribution in [3.63, 3.8) is 0 Å². The first-order valence-corrected chi connectivity index (χ1v) is 4.72. The van der Waals surface area contributed by atoms with Crippen molar-refractivity contribution < 1.29 is 14.7 Å². The van der Waals surface area contributed by atoms with Gasteiger partial charge in [-0.25, -0.2) is 0 Å². The smallest absolute Gasteiger partial charge is 0.310 e. The molecule has 2 N–H and O–H groups in total. The zero-order valence-electron chi connectivity index (χ0n) is 8.49. The molecular weight excluding hydrogens is 184 g/mol. The SMILES string of the molecule is CNCC(C)C(=O)N1CC(C(=O)O)C1. The van der Waals surface area contributed by atoms with Gasteiger partial charge in [0.25, 0.3) is 0 Å². The summed E-state index contributed by atoms with van der Waals surface area (Å²) >= 11 is 0. The number of carbonyl (C=O) groups is 2. The number of rotatable bonds is 4. The third kappa shape index (κ3) is 2.23. The Morgan fingerprint density at radius 3 is 2.57 bits per heavy atom. The van der Waals surface area contributed by atoms with Crippen LogP contribution < -0.4 is 5.32 Å². The van der Waals surface area contributed by atoms with E-state index < -0.39 is 5.97 Å². The minimum atomic E-state index is -0.810. The van der Waals surface area contributed by atoms with Gasteiger partial charge in [-0.3, -0.25) is 9.59 Å². The Morgan fingerprint density at radius 2 is 2.14 bits per heavy atom. The van der Waals surface area contributed by atoms with E-state index in [-0.39, 0.29) is 17.7 Å². The second-order valence-electron chi connectivity index (χ2n) is 3.74. The van der Waals surface area contributed by atoms with Gasteiger partial charge < -0.3 is 15.3 Å². The molecule has 0 bridgehead atoms. The molecule has 1 fully saturated rings. The number of carboxylic acid groups (broad SMARTS) is 1. The van der Waals surface area contributed by atoms with Gasteiger partial charge in [0, 0.05) is 25.6 Å². The van der Waals surface area contributed by atoms with Gasteiger partial charge in [0.2, 0.25) is 5.91 Å². The maximum Gasteiger partial charge on any atom is 0.310 e. The van der Waals surface area contributed by atoms with Crippen LogP contribution in [0.15, 0.2) is 0 Å². The van der Waals surface area contributed by atoms with Crippen LogP contribution in [0.2, 0.25) is 0 Å². The predicted molar refractivity (Wildman–Crippen MR) is 50.8 cm³/mol. The molecule has 0 spiro atoms. The van der Waals surface area contributed by atoms with Crippen molar-refractivity contribution >= 4 is 11.9 Å². The first-order valence-electron chi connectivity index (χ1n) is 4.72. The van der Waals surface area contributed by atoms with Gasteiger partial charge in [-0.05, 0) is 7.05 Å². The van der Waals surface area contributed by atoms with E-state index in [1.54, 1.807) is 11.9 Å². The maximum absolute atomic E-state index is 11.6. The normalized spacial score (nSPS) is 18.9. The number of carboxylic acids is 1. The van der Waals surface area contributed by atoms with Crippen LogP contribution in [0.25, 0.3) is 0 Å². The topological polar surface area (TPSA) is 69.6 Å². The minimum absolute atomic E-state index is 0.0388. The number of amides is 1. The summed E-state index contributed by atoms with van der Waals surface area (Å²) in [5.74, 6) is -1.21. The van der Waals surface area contributed by atoms with Gasteiger partial charge in [-0.15, -0.1) is 0 Å². The summed E-state index contributed by atoms with van der Waals surface area (Å²) < 4.78 is 0. The van der Waals surface area contributed by atoms with Crippen molar-refractivity contribution in [3.05, 3.63) is 0 Å². The molecule has 5 nitrogen and oxygen atoms in total. The fourth-order valence-electron chi connectivity index (χ4n) is 1.52. The molecule has 0 saturated carbocycles. The van der Waals surface area contributed by atoms with E-state index in [4.69, 9.17) is 5.11 Å². The molecule has 1 atom stereocenters. The molecule has 1 aliphatic rings. The average molecular weight is 200 g/mol. The highest BCUT2D eigenvalue weighted by molar-refractivity contribution is 5.82. The highest BCUT2D eigenvalue weighted by Crippen LogP contribution is 2.17. The van der Waals surface area contributed by atoms with Crippen molar-refractivity contribution in [2.75, 3.05) is 26.7 Å². The van der Waals surface area contributed by atoms with Crippen LogP contribution in [0.5, 0.6) is 0 Å². The van der Waals surface area contributed by atoms with E-state index in [1.165, 1.54) is 0 Å². The molecule has 1 amide bonds. The van der Waals surface area contributed by atoms with Crippen molar-refractivity contribution in [1.82, 2.24) is 10.2 Å². The van der Waals surface area contributed by atoms with Crippen molar-refractivity contribution in [1.29, 1.82) is 0 Å². The standard InChI is InChI=1S/C9H16N2O3/c1-6(3-10-2)8(12)11-4-7(5-11)9(13)14/h6-7,10H,3-5H2,1-2H3,(H,13,14). The van der Waals surface area contributed by atoms with Crippen LogP contribution in [0.1, 0.15) is 6.92 Å². The molecule has 5 heteroatoms. The van der Waals surface area contributed by atoms with Gasteiger partial charge in [0.05, 0.1) is 5.92 Å². The summed E-state index contributed by atoms with van der Waals surface area (Å²) in [6, 6.07) is 0. The number of carbonyl (C=O) groups excluding carboxylic acids is 1. The van der Waals surface area contributed by atoms with Crippen molar-refractivity contribution in [3.8, 4) is 0 Å². The van der Waals surface area contributed by atoms with Gasteiger partial charge >= 0.3 is 5.97 Å². The van der Waals surface area contributed by atoms with E-state index in [0.29, 0.717) is 19.6 Å². The highest BCUT2D eigenvalue weighted by atomic mass is 16.4. The molecule has 0 aliphatic carbocycles. The van der Waals surface area contributed by atoms with E-state index in [1.807, 2.05) is 6.92 Å². The summed E-state index contributed by atoms with van der Waals surface area (Å²) in [6.45, 7) is 3.20. The molecule has 1 rings (SSSR count). The molecule has 0 aromatic heterocycles. The third-order valence-electron chi connectivity index (χ3n) is 2.47. The lowest BCUT2D eigenvalue weighted by Gasteiger charge is -2.38. The van der Waals surface area contributed by atoms with Crippen LogP contribution in [-0.2, 0) is 9.59 Å². The van der Waals surface area contributed by atoms with E-state index in [9.17, 15) is 9.59 Å². The molecule has 0 radical (unpaired) electrons. The molecule has 1 saturated heterocycles. The maximum atomic E-state index is 11.6. The largest absolute Gasteiger partial charge is 0.481 e. The van der Waals surface area contributed by atoms with Gasteiger partial charge in [0.1, 0.15) is 0 Å². The van der Waals surface area contributed by atoms with E-state index >= 15 is 0 Å². The summed E-state index contributed by atoms with van der Waals surface area (Å²) in [7, 11) is 1.79. The summed E-state index contributed by atoms with van der Waals surface area (Å²) in [5, 5.41) is 11.5. The summed E-state index contributed by atoms with van der Waals surface area (Å²) in [5.41, 5.74) is 0. The third-order valence-corrected chi connectivity index (χ3v) is 2.47. The zero-order valence-corrected chi connectivity index (χ0v) is 8.49. The lowest BCUT2D eigenvalue weighted by atomic mass is 9.98. The predicted octanol–water partition coefficient (Wildman–Crippen LogP) is -0.615. The molecule has 0 aromatic carbocycles. The number of nitrogens with one attached hydrogen (secondary N) is 1. The Morgan fingerprint density at radius 1 is 1.57 bits per heavy atom. The number of hydrogen-bond donors (Lipinski definition) is 2. The molecular formula is C9H16N2O3. The van der Waals surface area contributed by atoms with Crippen LogP contribution in [-0.4, -0.2) is 48.6 Å². The molecule has 1 aliphatic heterocycles. The van der Waals surface area contributed by atoms with Crippen LogP contribution in [0, 0.1) is 11.8 Å². The number of nitrogens with zero attached hydrogens (tertiary/aromatic N) is 1. The first kappa shape index (κ1) is 11.0. The fraction of sp³-hybridized carbons (Fsp3) is 0.778. The van der Waals surface area contributed by atoms with Crippen molar-refractivity contribution in [2.45, 2.75) is 6.92 Å². The molecule has 80 valence electrons. The molecule has 1 unspecified atom stereocenters. The lowest BCUT2D eigenvalue weighted by molar-refractivity contribution is -0.154. The van der Waals surface area contributed by atoms with Crippen LogP contribution in [0.4, 0.5) is 0 Å². The minimum Gasteiger partial charge on any atom is -0.481 e. The monoisotopic (exact) mass is 200 g/mol. The quantitative estimate of drug-likeness (QED) is 0.635. The second kappa shape index (κ2) is 4.41. The van der Waals surface area contributed by atoms with E-state index in [2.05, 4.69) is 5.32 Å². The van der Waals surface area contributed by atoms with Crippen LogP contribution in [0.3, 0.4) is 0 Å². The van der Waals surface area contributed by atoms with Gasteiger partial charge in [0.15, 0.2) is 0 Å². The number of likely N-dealkylation sites (tertiary alicyclic amines) is 1.